The van der Waals surface area contributed by atoms with E-state index in [1.54, 1.807) is 0 Å². The topological polar surface area (TPSA) is 69.6 Å². The van der Waals surface area contributed by atoms with E-state index in [9.17, 15) is 15.0 Å². The van der Waals surface area contributed by atoms with E-state index in [2.05, 4.69) is 5.32 Å². The SMILES string of the molecule is Cc1cccc(C)c1NC(O)C(Cc1ccccc1)C(C=O)CO. The third-order valence-electron chi connectivity index (χ3n) is 4.43. The van der Waals surface area contributed by atoms with Gasteiger partial charge in [-0.3, -0.25) is 0 Å². The van der Waals surface area contributed by atoms with Gasteiger partial charge in [0.15, 0.2) is 0 Å². The summed E-state index contributed by atoms with van der Waals surface area (Å²) in [7, 11) is 0. The number of carbonyl (C=O) groups excluding carboxylic acids is 1. The van der Waals surface area contributed by atoms with Crippen LogP contribution in [0.3, 0.4) is 0 Å². The Morgan fingerprint density at radius 3 is 2.21 bits per heavy atom. The van der Waals surface area contributed by atoms with Crippen LogP contribution in [0.2, 0.25) is 0 Å². The van der Waals surface area contributed by atoms with Crippen LogP contribution in [0, 0.1) is 25.7 Å². The molecule has 0 fully saturated rings. The maximum absolute atomic E-state index is 11.4. The van der Waals surface area contributed by atoms with E-state index >= 15 is 0 Å². The van der Waals surface area contributed by atoms with Gasteiger partial charge in [0.2, 0.25) is 0 Å². The molecule has 3 unspecified atom stereocenters. The lowest BCUT2D eigenvalue weighted by Gasteiger charge is -2.29. The summed E-state index contributed by atoms with van der Waals surface area (Å²) < 4.78 is 0. The second-order valence-corrected chi connectivity index (χ2v) is 6.19. The van der Waals surface area contributed by atoms with Gasteiger partial charge in [-0.15, -0.1) is 0 Å². The molecule has 0 aromatic heterocycles. The molecule has 2 rings (SSSR count). The Labute approximate surface area is 143 Å². The minimum Gasteiger partial charge on any atom is -0.396 e. The highest BCUT2D eigenvalue weighted by Crippen LogP contribution is 2.25. The number of benzene rings is 2. The molecule has 3 atom stereocenters. The number of nitrogens with one attached hydrogen (secondary N) is 1. The quantitative estimate of drug-likeness (QED) is 0.515. The number of para-hydroxylation sites is 1. The van der Waals surface area contributed by atoms with Crippen LogP contribution in [0.1, 0.15) is 16.7 Å². The van der Waals surface area contributed by atoms with Gasteiger partial charge in [-0.25, -0.2) is 0 Å². The number of aliphatic hydroxyl groups is 2. The van der Waals surface area contributed by atoms with Crippen molar-refractivity contribution < 1.29 is 15.0 Å². The standard InChI is InChI=1S/C20H25NO3/c1-14-7-6-8-15(2)19(14)21-20(24)18(17(12-22)13-23)11-16-9-4-3-5-10-16/h3-10,12,17-18,20-21,23-24H,11,13H2,1-2H3. The molecule has 0 heterocycles. The number of hydrogen-bond acceptors (Lipinski definition) is 4. The molecular weight excluding hydrogens is 302 g/mol. The van der Waals surface area contributed by atoms with Crippen LogP contribution in [0.5, 0.6) is 0 Å². The lowest BCUT2D eigenvalue weighted by molar-refractivity contribution is -0.115. The Balaban J connectivity index is 2.23. The van der Waals surface area contributed by atoms with E-state index in [1.807, 2.05) is 62.4 Å². The van der Waals surface area contributed by atoms with Gasteiger partial charge in [0.05, 0.1) is 6.61 Å². The van der Waals surface area contributed by atoms with E-state index in [0.717, 1.165) is 28.7 Å². The van der Waals surface area contributed by atoms with Crippen molar-refractivity contribution in [2.75, 3.05) is 11.9 Å². The molecule has 0 saturated carbocycles. The smallest absolute Gasteiger partial charge is 0.128 e. The highest BCUT2D eigenvalue weighted by molar-refractivity contribution is 5.58. The summed E-state index contributed by atoms with van der Waals surface area (Å²) in [4.78, 5) is 11.4. The lowest BCUT2D eigenvalue weighted by Crippen LogP contribution is -2.38. The zero-order chi connectivity index (χ0) is 17.5. The first-order chi connectivity index (χ1) is 11.6. The van der Waals surface area contributed by atoms with Crippen LogP contribution in [-0.4, -0.2) is 29.3 Å². The summed E-state index contributed by atoms with van der Waals surface area (Å²) in [6.07, 6.45) is 0.292. The van der Waals surface area contributed by atoms with Crippen molar-refractivity contribution in [3.63, 3.8) is 0 Å². The van der Waals surface area contributed by atoms with Gasteiger partial charge >= 0.3 is 0 Å². The molecule has 0 bridgehead atoms. The summed E-state index contributed by atoms with van der Waals surface area (Å²) in [5.74, 6) is -1.05. The Hall–Kier alpha value is -2.17. The summed E-state index contributed by atoms with van der Waals surface area (Å²) in [6, 6.07) is 15.6. The Kier molecular flexibility index (Phi) is 6.53. The molecule has 2 aromatic rings. The van der Waals surface area contributed by atoms with Gasteiger partial charge in [0, 0.05) is 17.5 Å². The molecule has 128 valence electrons. The van der Waals surface area contributed by atoms with Gasteiger partial charge in [0.25, 0.3) is 0 Å². The molecule has 0 spiro atoms. The minimum atomic E-state index is -0.938. The summed E-state index contributed by atoms with van der Waals surface area (Å²) >= 11 is 0. The molecular formula is C20H25NO3. The summed E-state index contributed by atoms with van der Waals surface area (Å²) in [5.41, 5.74) is 3.94. The molecule has 0 amide bonds. The monoisotopic (exact) mass is 327 g/mol. The molecule has 24 heavy (non-hydrogen) atoms. The Morgan fingerprint density at radius 1 is 1.04 bits per heavy atom. The molecule has 0 radical (unpaired) electrons. The third-order valence-corrected chi connectivity index (χ3v) is 4.43. The molecule has 4 heteroatoms. The van der Waals surface area contributed by atoms with Crippen molar-refractivity contribution in [1.29, 1.82) is 0 Å². The number of aldehydes is 1. The predicted octanol–water partition coefficient (Wildman–Crippen LogP) is 2.70. The predicted molar refractivity (Wildman–Crippen MR) is 95.8 cm³/mol. The number of carbonyl (C=O) groups is 1. The molecule has 0 aliphatic carbocycles. The van der Waals surface area contributed by atoms with Crippen molar-refractivity contribution in [2.24, 2.45) is 11.8 Å². The molecule has 2 aromatic carbocycles. The zero-order valence-electron chi connectivity index (χ0n) is 14.1. The number of hydrogen-bond donors (Lipinski definition) is 3. The van der Waals surface area contributed by atoms with Gasteiger partial charge in [-0.05, 0) is 37.0 Å². The van der Waals surface area contributed by atoms with Gasteiger partial charge in [-0.1, -0.05) is 48.5 Å². The molecule has 0 aliphatic rings. The van der Waals surface area contributed by atoms with E-state index in [-0.39, 0.29) is 6.61 Å². The number of anilines is 1. The first kappa shape index (κ1) is 18.2. The van der Waals surface area contributed by atoms with Crippen LogP contribution in [0.4, 0.5) is 5.69 Å². The van der Waals surface area contributed by atoms with E-state index in [1.165, 1.54) is 0 Å². The van der Waals surface area contributed by atoms with Crippen LogP contribution in [0.25, 0.3) is 0 Å². The van der Waals surface area contributed by atoms with E-state index in [0.29, 0.717) is 6.42 Å². The van der Waals surface area contributed by atoms with Crippen LogP contribution < -0.4 is 5.32 Å². The largest absolute Gasteiger partial charge is 0.396 e. The van der Waals surface area contributed by atoms with Crippen LogP contribution in [-0.2, 0) is 11.2 Å². The lowest BCUT2D eigenvalue weighted by atomic mass is 9.86. The molecule has 4 nitrogen and oxygen atoms in total. The Morgan fingerprint density at radius 2 is 1.67 bits per heavy atom. The van der Waals surface area contributed by atoms with Gasteiger partial charge < -0.3 is 20.3 Å². The van der Waals surface area contributed by atoms with Gasteiger partial charge in [0.1, 0.15) is 12.5 Å². The second-order valence-electron chi connectivity index (χ2n) is 6.19. The highest BCUT2D eigenvalue weighted by Gasteiger charge is 2.28. The minimum absolute atomic E-state index is 0.285. The van der Waals surface area contributed by atoms with Crippen molar-refractivity contribution in [3.8, 4) is 0 Å². The summed E-state index contributed by atoms with van der Waals surface area (Å²) in [6.45, 7) is 3.65. The zero-order valence-corrected chi connectivity index (χ0v) is 14.1. The third kappa shape index (κ3) is 4.43. The fourth-order valence-electron chi connectivity index (χ4n) is 2.96. The number of aryl methyl sites for hydroxylation is 2. The van der Waals surface area contributed by atoms with Crippen molar-refractivity contribution in [2.45, 2.75) is 26.5 Å². The van der Waals surface area contributed by atoms with E-state index in [4.69, 9.17) is 0 Å². The fourth-order valence-corrected chi connectivity index (χ4v) is 2.96. The first-order valence-corrected chi connectivity index (χ1v) is 8.17. The molecule has 0 aliphatic heterocycles. The second kappa shape index (κ2) is 8.62. The Bertz CT molecular complexity index is 637. The molecule has 0 saturated heterocycles. The first-order valence-electron chi connectivity index (χ1n) is 8.17. The normalized spacial score (nSPS) is 14.7. The van der Waals surface area contributed by atoms with Gasteiger partial charge in [-0.2, -0.15) is 0 Å². The maximum Gasteiger partial charge on any atom is 0.128 e. The van der Waals surface area contributed by atoms with Crippen molar-refractivity contribution in [1.82, 2.24) is 0 Å². The number of aliphatic hydroxyl groups excluding tert-OH is 2. The van der Waals surface area contributed by atoms with Crippen molar-refractivity contribution in [3.05, 3.63) is 65.2 Å². The average molecular weight is 327 g/mol. The number of rotatable bonds is 8. The average Bonchev–Trinajstić information content (AvgIpc) is 2.59. The molecule has 3 N–H and O–H groups in total. The highest BCUT2D eigenvalue weighted by atomic mass is 16.3. The van der Waals surface area contributed by atoms with Crippen molar-refractivity contribution >= 4 is 12.0 Å². The summed E-state index contributed by atoms with van der Waals surface area (Å²) in [5, 5.41) is 23.4. The fraction of sp³-hybridized carbons (Fsp3) is 0.350. The van der Waals surface area contributed by atoms with Crippen LogP contribution in [0.15, 0.2) is 48.5 Å². The van der Waals surface area contributed by atoms with E-state index < -0.39 is 18.1 Å². The van der Waals surface area contributed by atoms with Crippen LogP contribution >= 0.6 is 0 Å². The maximum atomic E-state index is 11.4.